The van der Waals surface area contributed by atoms with Gasteiger partial charge in [-0.25, -0.2) is 4.79 Å². The molecular weight excluding hydrogens is 308 g/mol. The van der Waals surface area contributed by atoms with Crippen LogP contribution in [0.3, 0.4) is 0 Å². The Morgan fingerprint density at radius 3 is 2.21 bits per heavy atom. The number of fused-ring (bicyclic) bond motifs is 2. The van der Waals surface area contributed by atoms with Gasteiger partial charge in [-0.1, -0.05) is 35.4 Å². The van der Waals surface area contributed by atoms with Crippen LogP contribution in [0.15, 0.2) is 48.5 Å². The molecule has 0 saturated carbocycles. The van der Waals surface area contributed by atoms with Gasteiger partial charge in [0.15, 0.2) is 0 Å². The molecule has 2 aliphatic rings. The van der Waals surface area contributed by atoms with Crippen molar-refractivity contribution in [1.29, 1.82) is 0 Å². The number of imide groups is 1. The van der Waals surface area contributed by atoms with Crippen LogP contribution in [0.2, 0.25) is 0 Å². The average Bonchev–Trinajstić information content (AvgIpc) is 3.06. The molecule has 2 aromatic rings. The number of hydroxylamine groups is 2. The second-order valence-electron chi connectivity index (χ2n) is 5.82. The summed E-state index contributed by atoms with van der Waals surface area (Å²) in [4.78, 5) is 44.0. The summed E-state index contributed by atoms with van der Waals surface area (Å²) in [6.45, 7) is 0. The number of hydrogen-bond acceptors (Lipinski definition) is 5. The Kier molecular flexibility index (Phi) is 3.13. The number of nitrogens with zero attached hydrogens (tertiary/aromatic N) is 2. The van der Waals surface area contributed by atoms with Crippen LogP contribution in [0.1, 0.15) is 26.3 Å². The van der Waals surface area contributed by atoms with E-state index in [1.807, 2.05) is 24.3 Å². The van der Waals surface area contributed by atoms with E-state index in [4.69, 9.17) is 4.84 Å². The molecule has 0 aliphatic carbocycles. The molecule has 2 amide bonds. The van der Waals surface area contributed by atoms with Gasteiger partial charge in [-0.05, 0) is 23.8 Å². The van der Waals surface area contributed by atoms with Crippen LogP contribution in [0, 0.1) is 0 Å². The number of para-hydroxylation sites is 1. The lowest BCUT2D eigenvalue weighted by molar-refractivity contribution is -0.169. The summed E-state index contributed by atoms with van der Waals surface area (Å²) in [7, 11) is 1.79. The van der Waals surface area contributed by atoms with Crippen LogP contribution < -0.4 is 4.90 Å². The highest BCUT2D eigenvalue weighted by Gasteiger charge is 2.41. The molecule has 6 nitrogen and oxygen atoms in total. The van der Waals surface area contributed by atoms with E-state index in [2.05, 4.69) is 0 Å². The largest absolute Gasteiger partial charge is 0.361 e. The van der Waals surface area contributed by atoms with E-state index in [0.29, 0.717) is 11.5 Å². The monoisotopic (exact) mass is 322 g/mol. The topological polar surface area (TPSA) is 66.9 Å². The summed E-state index contributed by atoms with van der Waals surface area (Å²) in [5, 5.41) is 0.559. The maximum absolute atomic E-state index is 12.5. The molecule has 24 heavy (non-hydrogen) atoms. The Morgan fingerprint density at radius 2 is 1.58 bits per heavy atom. The normalized spacial score (nSPS) is 18.6. The highest BCUT2D eigenvalue weighted by molar-refractivity contribution is 6.21. The van der Waals surface area contributed by atoms with Gasteiger partial charge in [-0.2, -0.15) is 0 Å². The van der Waals surface area contributed by atoms with Gasteiger partial charge in [0.2, 0.25) is 0 Å². The third-order valence-electron chi connectivity index (χ3n) is 4.46. The molecule has 0 bridgehead atoms. The van der Waals surface area contributed by atoms with Crippen LogP contribution in [-0.2, 0) is 16.1 Å². The SMILES string of the molecule is CN1c2ccccc2CC1C(=O)ON1C(=O)c2ccccc2C1=O. The minimum Gasteiger partial charge on any atom is -0.361 e. The predicted molar refractivity (Wildman–Crippen MR) is 85.4 cm³/mol. The molecule has 0 N–H and O–H groups in total. The fourth-order valence-corrected chi connectivity index (χ4v) is 3.18. The van der Waals surface area contributed by atoms with Crippen molar-refractivity contribution < 1.29 is 19.2 Å². The van der Waals surface area contributed by atoms with Gasteiger partial charge in [0.25, 0.3) is 11.8 Å². The first kappa shape index (κ1) is 14.4. The lowest BCUT2D eigenvalue weighted by Gasteiger charge is -2.22. The van der Waals surface area contributed by atoms with Gasteiger partial charge in [-0.15, -0.1) is 0 Å². The molecule has 6 heteroatoms. The van der Waals surface area contributed by atoms with Crippen LogP contribution in [0.5, 0.6) is 0 Å². The van der Waals surface area contributed by atoms with Crippen molar-refractivity contribution in [2.24, 2.45) is 0 Å². The molecule has 0 radical (unpaired) electrons. The van der Waals surface area contributed by atoms with Gasteiger partial charge >= 0.3 is 5.97 Å². The molecule has 2 aromatic carbocycles. The van der Waals surface area contributed by atoms with Gasteiger partial charge < -0.3 is 9.74 Å². The Balaban J connectivity index is 1.54. The molecule has 0 spiro atoms. The minimum atomic E-state index is -0.622. The lowest BCUT2D eigenvalue weighted by Crippen LogP contribution is -2.42. The van der Waals surface area contributed by atoms with Crippen molar-refractivity contribution in [2.75, 3.05) is 11.9 Å². The summed E-state index contributed by atoms with van der Waals surface area (Å²) in [5.74, 6) is -1.84. The third-order valence-corrected chi connectivity index (χ3v) is 4.46. The number of hydrogen-bond donors (Lipinski definition) is 0. The first-order chi connectivity index (χ1) is 11.6. The molecule has 120 valence electrons. The van der Waals surface area contributed by atoms with Crippen molar-refractivity contribution in [3.8, 4) is 0 Å². The van der Waals surface area contributed by atoms with Crippen molar-refractivity contribution >= 4 is 23.5 Å². The molecule has 2 aliphatic heterocycles. The second-order valence-corrected chi connectivity index (χ2v) is 5.82. The predicted octanol–water partition coefficient (Wildman–Crippen LogP) is 1.80. The first-order valence-electron chi connectivity index (χ1n) is 7.58. The highest BCUT2D eigenvalue weighted by Crippen LogP contribution is 2.31. The molecule has 0 aromatic heterocycles. The Hall–Kier alpha value is -3.15. The smallest absolute Gasteiger partial charge is 0.355 e. The van der Waals surface area contributed by atoms with Crippen LogP contribution in [0.4, 0.5) is 5.69 Å². The molecule has 2 heterocycles. The summed E-state index contributed by atoms with van der Waals surface area (Å²) in [6.07, 6.45) is 0.481. The van der Waals surface area contributed by atoms with E-state index in [1.165, 1.54) is 0 Å². The molecule has 1 atom stereocenters. The van der Waals surface area contributed by atoms with Crippen molar-refractivity contribution in [3.05, 3.63) is 65.2 Å². The van der Waals surface area contributed by atoms with E-state index in [9.17, 15) is 14.4 Å². The third kappa shape index (κ3) is 2.00. The van der Waals surface area contributed by atoms with E-state index in [-0.39, 0.29) is 11.1 Å². The van der Waals surface area contributed by atoms with E-state index >= 15 is 0 Å². The maximum Gasteiger partial charge on any atom is 0.355 e. The fourth-order valence-electron chi connectivity index (χ4n) is 3.18. The zero-order valence-electron chi connectivity index (χ0n) is 12.9. The van der Waals surface area contributed by atoms with Crippen LogP contribution in [-0.4, -0.2) is 35.9 Å². The van der Waals surface area contributed by atoms with Crippen molar-refractivity contribution in [1.82, 2.24) is 5.06 Å². The Labute approximate surface area is 138 Å². The second kappa shape index (κ2) is 5.19. The molecular formula is C18H14N2O4. The number of carbonyl (C=O) groups excluding carboxylic acids is 3. The summed E-state index contributed by atoms with van der Waals surface area (Å²) in [6, 6.07) is 13.5. The highest BCUT2D eigenvalue weighted by atomic mass is 16.7. The van der Waals surface area contributed by atoms with E-state index < -0.39 is 23.8 Å². The zero-order chi connectivity index (χ0) is 16.8. The number of carbonyl (C=O) groups is 3. The zero-order valence-corrected chi connectivity index (χ0v) is 12.9. The fraction of sp³-hybridized carbons (Fsp3) is 0.167. The molecule has 0 fully saturated rings. The van der Waals surface area contributed by atoms with Gasteiger partial charge in [0.05, 0.1) is 11.1 Å². The minimum absolute atomic E-state index is 0.248. The maximum atomic E-state index is 12.5. The Morgan fingerprint density at radius 1 is 1.00 bits per heavy atom. The average molecular weight is 322 g/mol. The number of anilines is 1. The Bertz CT molecular complexity index is 842. The van der Waals surface area contributed by atoms with Gasteiger partial charge in [0.1, 0.15) is 6.04 Å². The molecule has 1 unspecified atom stereocenters. The number of rotatable bonds is 2. The van der Waals surface area contributed by atoms with Gasteiger partial charge in [0, 0.05) is 19.2 Å². The van der Waals surface area contributed by atoms with E-state index in [1.54, 1.807) is 36.2 Å². The molecule has 4 rings (SSSR count). The van der Waals surface area contributed by atoms with Crippen LogP contribution in [0.25, 0.3) is 0 Å². The van der Waals surface area contributed by atoms with Gasteiger partial charge in [-0.3, -0.25) is 9.59 Å². The number of likely N-dealkylation sites (N-methyl/N-ethyl adjacent to an activating group) is 1. The standard InChI is InChI=1S/C18H14N2O4/c1-19-14-9-5-2-6-11(14)10-15(19)18(23)24-20-16(21)12-7-3-4-8-13(12)17(20)22/h2-9,15H,10H2,1H3. The quantitative estimate of drug-likeness (QED) is 0.789. The summed E-state index contributed by atoms with van der Waals surface area (Å²) >= 11 is 0. The van der Waals surface area contributed by atoms with Crippen LogP contribution >= 0.6 is 0 Å². The summed E-state index contributed by atoms with van der Waals surface area (Å²) in [5.41, 5.74) is 2.47. The van der Waals surface area contributed by atoms with Crippen molar-refractivity contribution in [2.45, 2.75) is 12.5 Å². The summed E-state index contributed by atoms with van der Waals surface area (Å²) < 4.78 is 0. The number of amides is 2. The lowest BCUT2D eigenvalue weighted by atomic mass is 10.1. The molecule has 0 saturated heterocycles. The number of benzene rings is 2. The van der Waals surface area contributed by atoms with E-state index in [0.717, 1.165) is 11.3 Å². The van der Waals surface area contributed by atoms with Crippen molar-refractivity contribution in [3.63, 3.8) is 0 Å². The first-order valence-corrected chi connectivity index (χ1v) is 7.58.